The number of methoxy groups -OCH3 is 1. The molecular weight excluding hydrogens is 247 g/mol. The molecule has 0 saturated carbocycles. The van der Waals surface area contributed by atoms with E-state index in [4.69, 9.17) is 0 Å². The monoisotopic (exact) mass is 260 g/mol. The largest absolute Gasteiger partial charge is 0.465 e. The molecule has 0 amide bonds. The first-order valence-corrected chi connectivity index (χ1v) is 5.72. The summed E-state index contributed by atoms with van der Waals surface area (Å²) < 4.78 is 18.2. The third-order valence-electron chi connectivity index (χ3n) is 2.57. The molecular formula is C14H13FN2O2. The fourth-order valence-electron chi connectivity index (χ4n) is 1.59. The average molecular weight is 260 g/mol. The van der Waals surface area contributed by atoms with Crippen LogP contribution in [0.3, 0.4) is 0 Å². The summed E-state index contributed by atoms with van der Waals surface area (Å²) in [6.45, 7) is 0.377. The molecule has 1 aromatic heterocycles. The lowest BCUT2D eigenvalue weighted by molar-refractivity contribution is 0.0600. The summed E-state index contributed by atoms with van der Waals surface area (Å²) in [4.78, 5) is 15.5. The summed E-state index contributed by atoms with van der Waals surface area (Å²) >= 11 is 0. The van der Waals surface area contributed by atoms with Crippen molar-refractivity contribution in [1.29, 1.82) is 0 Å². The van der Waals surface area contributed by atoms with Crippen molar-refractivity contribution in [1.82, 2.24) is 4.98 Å². The van der Waals surface area contributed by atoms with E-state index in [9.17, 15) is 9.18 Å². The minimum absolute atomic E-state index is 0.244. The number of carbonyl (C=O) groups excluding carboxylic acids is 1. The lowest BCUT2D eigenvalue weighted by Gasteiger charge is -2.08. The smallest absolute Gasteiger partial charge is 0.337 e. The van der Waals surface area contributed by atoms with Gasteiger partial charge in [0.15, 0.2) is 0 Å². The zero-order valence-electron chi connectivity index (χ0n) is 10.4. The van der Waals surface area contributed by atoms with Gasteiger partial charge in [0.25, 0.3) is 0 Å². The van der Waals surface area contributed by atoms with E-state index in [0.717, 1.165) is 5.69 Å². The molecule has 98 valence electrons. The fraction of sp³-hybridized carbons (Fsp3) is 0.143. The number of benzene rings is 1. The Balaban J connectivity index is 2.13. The van der Waals surface area contributed by atoms with Crippen molar-refractivity contribution >= 4 is 11.7 Å². The van der Waals surface area contributed by atoms with Gasteiger partial charge in [-0.1, -0.05) is 6.07 Å². The second-order valence-electron chi connectivity index (χ2n) is 3.86. The van der Waals surface area contributed by atoms with E-state index in [2.05, 4.69) is 15.0 Å². The molecule has 0 radical (unpaired) electrons. The number of halogens is 1. The standard InChI is InChI=1S/C14H13FN2O2/c1-19-14(18)10-5-6-12(15)13(8-10)17-9-11-4-2-3-7-16-11/h2-8,17H,9H2,1H3. The fourth-order valence-corrected chi connectivity index (χ4v) is 1.59. The Labute approximate surface area is 110 Å². The summed E-state index contributed by atoms with van der Waals surface area (Å²) in [6, 6.07) is 9.52. The van der Waals surface area contributed by atoms with Crippen LogP contribution in [0, 0.1) is 5.82 Å². The van der Waals surface area contributed by atoms with Crippen LogP contribution >= 0.6 is 0 Å². The van der Waals surface area contributed by atoms with Gasteiger partial charge in [-0.2, -0.15) is 0 Å². The number of hydrogen-bond acceptors (Lipinski definition) is 4. The number of rotatable bonds is 4. The van der Waals surface area contributed by atoms with E-state index in [1.54, 1.807) is 6.20 Å². The maximum Gasteiger partial charge on any atom is 0.337 e. The molecule has 2 rings (SSSR count). The van der Waals surface area contributed by atoms with Crippen LogP contribution in [0.25, 0.3) is 0 Å². The van der Waals surface area contributed by atoms with Crippen molar-refractivity contribution in [3.8, 4) is 0 Å². The Hall–Kier alpha value is -2.43. The molecule has 0 fully saturated rings. The highest BCUT2D eigenvalue weighted by molar-refractivity contribution is 5.90. The number of carbonyl (C=O) groups is 1. The molecule has 0 bridgehead atoms. The van der Waals surface area contributed by atoms with Crippen molar-refractivity contribution in [2.24, 2.45) is 0 Å². The predicted octanol–water partition coefficient (Wildman–Crippen LogP) is 2.62. The number of pyridine rings is 1. The first-order valence-electron chi connectivity index (χ1n) is 5.72. The first kappa shape index (κ1) is 13.0. The van der Waals surface area contributed by atoms with Gasteiger partial charge in [-0.05, 0) is 30.3 Å². The van der Waals surface area contributed by atoms with Gasteiger partial charge in [0.05, 0.1) is 30.6 Å². The number of nitrogens with one attached hydrogen (secondary N) is 1. The second kappa shape index (κ2) is 5.95. The molecule has 1 aromatic carbocycles. The van der Waals surface area contributed by atoms with E-state index < -0.39 is 11.8 Å². The summed E-state index contributed by atoms with van der Waals surface area (Å²) in [5, 5.41) is 2.90. The average Bonchev–Trinajstić information content (AvgIpc) is 2.46. The highest BCUT2D eigenvalue weighted by atomic mass is 19.1. The van der Waals surface area contributed by atoms with Gasteiger partial charge < -0.3 is 10.1 Å². The SMILES string of the molecule is COC(=O)c1ccc(F)c(NCc2ccccn2)c1. The molecule has 1 N–H and O–H groups in total. The molecule has 0 saturated heterocycles. The molecule has 19 heavy (non-hydrogen) atoms. The minimum Gasteiger partial charge on any atom is -0.465 e. The minimum atomic E-state index is -0.499. The molecule has 0 spiro atoms. The Bertz CT molecular complexity index is 573. The molecule has 2 aromatic rings. The summed E-state index contributed by atoms with van der Waals surface area (Å²) in [5.74, 6) is -0.926. The first-order chi connectivity index (χ1) is 9.20. The third-order valence-corrected chi connectivity index (χ3v) is 2.57. The number of esters is 1. The molecule has 4 nitrogen and oxygen atoms in total. The van der Waals surface area contributed by atoms with E-state index in [1.165, 1.54) is 25.3 Å². The van der Waals surface area contributed by atoms with Crippen LogP contribution in [0.2, 0.25) is 0 Å². The van der Waals surface area contributed by atoms with E-state index in [-0.39, 0.29) is 5.69 Å². The molecule has 0 aliphatic carbocycles. The number of aromatic nitrogens is 1. The highest BCUT2D eigenvalue weighted by Crippen LogP contribution is 2.17. The number of ether oxygens (including phenoxy) is 1. The molecule has 5 heteroatoms. The van der Waals surface area contributed by atoms with Crippen molar-refractivity contribution in [2.75, 3.05) is 12.4 Å². The van der Waals surface area contributed by atoms with Gasteiger partial charge in [-0.25, -0.2) is 9.18 Å². The molecule has 0 aliphatic heterocycles. The summed E-state index contributed by atoms with van der Waals surface area (Å²) in [5.41, 5.74) is 1.33. The van der Waals surface area contributed by atoms with E-state index in [1.807, 2.05) is 18.2 Å². The third kappa shape index (κ3) is 3.28. The van der Waals surface area contributed by atoms with E-state index in [0.29, 0.717) is 12.1 Å². The zero-order valence-corrected chi connectivity index (χ0v) is 10.4. The lowest BCUT2D eigenvalue weighted by atomic mass is 10.2. The number of nitrogens with zero attached hydrogens (tertiary/aromatic N) is 1. The van der Waals surface area contributed by atoms with Crippen LogP contribution in [0.4, 0.5) is 10.1 Å². The van der Waals surface area contributed by atoms with Gasteiger partial charge in [0, 0.05) is 6.20 Å². The Morgan fingerprint density at radius 3 is 2.89 bits per heavy atom. The Morgan fingerprint density at radius 1 is 1.37 bits per heavy atom. The molecule has 0 unspecified atom stereocenters. The van der Waals surface area contributed by atoms with Crippen LogP contribution in [0.1, 0.15) is 16.1 Å². The second-order valence-corrected chi connectivity index (χ2v) is 3.86. The number of hydrogen-bond donors (Lipinski definition) is 1. The molecule has 1 heterocycles. The van der Waals surface area contributed by atoms with Gasteiger partial charge >= 0.3 is 5.97 Å². The van der Waals surface area contributed by atoms with Crippen LogP contribution < -0.4 is 5.32 Å². The maximum atomic E-state index is 13.6. The van der Waals surface area contributed by atoms with Crippen LogP contribution in [-0.4, -0.2) is 18.1 Å². The Kier molecular flexibility index (Phi) is 4.07. The molecule has 0 aliphatic rings. The topological polar surface area (TPSA) is 51.2 Å². The quantitative estimate of drug-likeness (QED) is 0.858. The van der Waals surface area contributed by atoms with Crippen LogP contribution in [-0.2, 0) is 11.3 Å². The summed E-state index contributed by atoms with van der Waals surface area (Å²) in [6.07, 6.45) is 1.66. The van der Waals surface area contributed by atoms with Gasteiger partial charge in [0.1, 0.15) is 5.82 Å². The van der Waals surface area contributed by atoms with Crippen molar-refractivity contribution < 1.29 is 13.9 Å². The van der Waals surface area contributed by atoms with Crippen molar-refractivity contribution in [2.45, 2.75) is 6.54 Å². The lowest BCUT2D eigenvalue weighted by Crippen LogP contribution is -2.06. The van der Waals surface area contributed by atoms with Crippen LogP contribution in [0.15, 0.2) is 42.6 Å². The van der Waals surface area contributed by atoms with Crippen LogP contribution in [0.5, 0.6) is 0 Å². The Morgan fingerprint density at radius 2 is 2.21 bits per heavy atom. The normalized spacial score (nSPS) is 10.0. The van der Waals surface area contributed by atoms with E-state index >= 15 is 0 Å². The number of anilines is 1. The van der Waals surface area contributed by atoms with Gasteiger partial charge in [-0.15, -0.1) is 0 Å². The van der Waals surface area contributed by atoms with Crippen molar-refractivity contribution in [3.63, 3.8) is 0 Å². The summed E-state index contributed by atoms with van der Waals surface area (Å²) in [7, 11) is 1.28. The van der Waals surface area contributed by atoms with Gasteiger partial charge in [-0.3, -0.25) is 4.98 Å². The van der Waals surface area contributed by atoms with Crippen molar-refractivity contribution in [3.05, 3.63) is 59.7 Å². The predicted molar refractivity (Wildman–Crippen MR) is 69.3 cm³/mol. The highest BCUT2D eigenvalue weighted by Gasteiger charge is 2.09. The van der Waals surface area contributed by atoms with Gasteiger partial charge in [0.2, 0.25) is 0 Å². The zero-order chi connectivity index (χ0) is 13.7. The maximum absolute atomic E-state index is 13.6. The molecule has 0 atom stereocenters.